The Balaban J connectivity index is 1.78. The summed E-state index contributed by atoms with van der Waals surface area (Å²) in [7, 11) is 1.60. The summed E-state index contributed by atoms with van der Waals surface area (Å²) in [4.78, 5) is 25.5. The van der Waals surface area contributed by atoms with Crippen LogP contribution in [0.25, 0.3) is 11.1 Å². The third kappa shape index (κ3) is 8.63. The van der Waals surface area contributed by atoms with Crippen LogP contribution in [0.5, 0.6) is 0 Å². The number of hydrogen-bond acceptors (Lipinski definition) is 7. The highest BCUT2D eigenvalue weighted by Gasteiger charge is 2.26. The highest BCUT2D eigenvalue weighted by molar-refractivity contribution is 6.30. The van der Waals surface area contributed by atoms with Crippen LogP contribution >= 0.6 is 11.6 Å². The van der Waals surface area contributed by atoms with Crippen molar-refractivity contribution in [3.05, 3.63) is 70.8 Å². The Hall–Kier alpha value is -3.34. The van der Waals surface area contributed by atoms with Crippen LogP contribution in [0.2, 0.25) is 5.02 Å². The van der Waals surface area contributed by atoms with Crippen molar-refractivity contribution in [1.82, 2.24) is 26.0 Å². The number of carbonyl (C=O) groups excluding carboxylic acids is 2. The molecule has 9 nitrogen and oxygen atoms in total. The maximum atomic E-state index is 14.3. The molecule has 2 aromatic carbocycles. The molecule has 0 aliphatic rings. The molecule has 0 aliphatic heterocycles. The number of esters is 1. The van der Waals surface area contributed by atoms with Crippen molar-refractivity contribution in [2.45, 2.75) is 25.8 Å². The van der Waals surface area contributed by atoms with Gasteiger partial charge in [-0.15, -0.1) is 5.10 Å². The van der Waals surface area contributed by atoms with Crippen LogP contribution in [-0.4, -0.2) is 66.7 Å². The predicted octanol–water partition coefficient (Wildman–Crippen LogP) is 3.41. The number of carbonyl (C=O) groups is 2. The lowest BCUT2D eigenvalue weighted by atomic mass is 9.93. The van der Waals surface area contributed by atoms with E-state index < -0.39 is 12.0 Å². The first-order valence-corrected chi connectivity index (χ1v) is 12.4. The lowest BCUT2D eigenvalue weighted by Crippen LogP contribution is -2.42. The van der Waals surface area contributed by atoms with Gasteiger partial charge < -0.3 is 20.1 Å². The fraction of sp³-hybridized carbons (Fsp3) is 0.385. The van der Waals surface area contributed by atoms with E-state index >= 15 is 0 Å². The van der Waals surface area contributed by atoms with Crippen molar-refractivity contribution in [3.8, 4) is 11.1 Å². The third-order valence-electron chi connectivity index (χ3n) is 5.73. The Bertz CT molecular complexity index is 1140. The number of ether oxygens (including phenoxy) is 2. The van der Waals surface area contributed by atoms with Gasteiger partial charge in [-0.1, -0.05) is 41.1 Å². The summed E-state index contributed by atoms with van der Waals surface area (Å²) in [6.07, 6.45) is 2.09. The average molecular weight is 532 g/mol. The number of halogens is 2. The lowest BCUT2D eigenvalue weighted by molar-refractivity contribution is -0.148. The summed E-state index contributed by atoms with van der Waals surface area (Å²) >= 11 is 6.04. The largest absolute Gasteiger partial charge is 0.466 e. The van der Waals surface area contributed by atoms with Crippen LogP contribution in [0.15, 0.2) is 48.7 Å². The molecular formula is C26H31ClFN5O4. The van der Waals surface area contributed by atoms with Gasteiger partial charge in [-0.3, -0.25) is 14.7 Å². The number of aromatic nitrogens is 3. The second-order valence-electron chi connectivity index (χ2n) is 8.45. The van der Waals surface area contributed by atoms with E-state index in [1.54, 1.807) is 32.2 Å². The van der Waals surface area contributed by atoms with E-state index in [1.165, 1.54) is 18.3 Å². The fourth-order valence-electron chi connectivity index (χ4n) is 3.90. The number of H-pyrrole nitrogens is 1. The molecule has 0 spiro atoms. The molecule has 0 saturated heterocycles. The van der Waals surface area contributed by atoms with Gasteiger partial charge in [-0.05, 0) is 49.1 Å². The van der Waals surface area contributed by atoms with Gasteiger partial charge >= 0.3 is 5.97 Å². The van der Waals surface area contributed by atoms with Crippen molar-refractivity contribution in [2.24, 2.45) is 5.92 Å². The molecule has 1 heterocycles. The maximum Gasteiger partial charge on any atom is 0.310 e. The Labute approximate surface area is 220 Å². The van der Waals surface area contributed by atoms with E-state index in [2.05, 4.69) is 26.0 Å². The number of benzene rings is 2. The van der Waals surface area contributed by atoms with Crippen molar-refractivity contribution >= 4 is 23.5 Å². The Kier molecular flexibility index (Phi) is 11.0. The first-order valence-electron chi connectivity index (χ1n) is 12.0. The molecule has 2 atom stereocenters. The second kappa shape index (κ2) is 14.4. The average Bonchev–Trinajstić information content (AvgIpc) is 3.43. The van der Waals surface area contributed by atoms with E-state index in [0.29, 0.717) is 48.7 Å². The van der Waals surface area contributed by atoms with Gasteiger partial charge in [-0.2, -0.15) is 0 Å². The third-order valence-corrected chi connectivity index (χ3v) is 5.97. The molecule has 3 rings (SSSR count). The zero-order valence-corrected chi connectivity index (χ0v) is 21.6. The zero-order chi connectivity index (χ0) is 26.6. The molecule has 11 heteroatoms. The molecule has 0 radical (unpaired) electrons. The summed E-state index contributed by atoms with van der Waals surface area (Å²) in [5.74, 6) is -1.60. The SMILES string of the molecule is CCOC(=O)C(CNCCOC)C[C@@H](Cc1ccc(-c2cc(Cl)ccc2F)cc1)NC(=O)c1cnn[nH]1. The monoisotopic (exact) mass is 531 g/mol. The topological polar surface area (TPSA) is 118 Å². The maximum absolute atomic E-state index is 14.3. The van der Waals surface area contributed by atoms with Crippen molar-refractivity contribution in [3.63, 3.8) is 0 Å². The molecule has 0 saturated carbocycles. The van der Waals surface area contributed by atoms with Crippen molar-refractivity contribution < 1.29 is 23.5 Å². The van der Waals surface area contributed by atoms with E-state index in [1.807, 2.05) is 12.1 Å². The summed E-state index contributed by atoms with van der Waals surface area (Å²) in [6.45, 7) is 3.45. The van der Waals surface area contributed by atoms with Gasteiger partial charge in [0.2, 0.25) is 0 Å². The smallest absolute Gasteiger partial charge is 0.310 e. The minimum absolute atomic E-state index is 0.211. The zero-order valence-electron chi connectivity index (χ0n) is 20.8. The predicted molar refractivity (Wildman–Crippen MR) is 138 cm³/mol. The van der Waals surface area contributed by atoms with Gasteiger partial charge in [0, 0.05) is 36.8 Å². The number of amides is 1. The van der Waals surface area contributed by atoms with E-state index in [0.717, 1.165) is 5.56 Å². The van der Waals surface area contributed by atoms with Crippen molar-refractivity contribution in [1.29, 1.82) is 0 Å². The van der Waals surface area contributed by atoms with E-state index in [4.69, 9.17) is 21.1 Å². The van der Waals surface area contributed by atoms with E-state index in [9.17, 15) is 14.0 Å². The molecule has 1 aromatic heterocycles. The number of nitrogens with one attached hydrogen (secondary N) is 3. The minimum atomic E-state index is -0.498. The molecule has 0 fully saturated rings. The summed E-state index contributed by atoms with van der Waals surface area (Å²) in [5.41, 5.74) is 2.19. The summed E-state index contributed by atoms with van der Waals surface area (Å²) < 4.78 is 24.6. The van der Waals surface area contributed by atoms with Crippen LogP contribution in [-0.2, 0) is 20.7 Å². The highest BCUT2D eigenvalue weighted by Crippen LogP contribution is 2.27. The van der Waals surface area contributed by atoms with Gasteiger partial charge in [0.25, 0.3) is 5.91 Å². The number of methoxy groups -OCH3 is 1. The van der Waals surface area contributed by atoms with E-state index in [-0.39, 0.29) is 30.0 Å². The minimum Gasteiger partial charge on any atom is -0.466 e. The normalized spacial score (nSPS) is 12.6. The van der Waals surface area contributed by atoms with Crippen molar-refractivity contribution in [2.75, 3.05) is 33.4 Å². The quantitative estimate of drug-likeness (QED) is 0.215. The van der Waals surface area contributed by atoms with Crippen LogP contribution in [0, 0.1) is 11.7 Å². The first-order chi connectivity index (χ1) is 17.9. The van der Waals surface area contributed by atoms with Gasteiger partial charge in [0.1, 0.15) is 11.5 Å². The number of hydrogen-bond donors (Lipinski definition) is 3. The van der Waals surface area contributed by atoms with Crippen LogP contribution < -0.4 is 10.6 Å². The van der Waals surface area contributed by atoms with Crippen LogP contribution in [0.1, 0.15) is 29.4 Å². The van der Waals surface area contributed by atoms with Crippen LogP contribution in [0.4, 0.5) is 4.39 Å². The summed E-state index contributed by atoms with van der Waals surface area (Å²) in [5, 5.41) is 16.4. The molecular weight excluding hydrogens is 501 g/mol. The first kappa shape index (κ1) is 28.2. The van der Waals surface area contributed by atoms with Crippen LogP contribution in [0.3, 0.4) is 0 Å². The molecule has 1 amide bonds. The Morgan fingerprint density at radius 2 is 1.97 bits per heavy atom. The molecule has 0 aliphatic carbocycles. The number of rotatable bonds is 14. The molecule has 198 valence electrons. The fourth-order valence-corrected chi connectivity index (χ4v) is 4.08. The number of nitrogens with zero attached hydrogens (tertiary/aromatic N) is 2. The number of aromatic amines is 1. The van der Waals surface area contributed by atoms with Gasteiger partial charge in [0.15, 0.2) is 0 Å². The van der Waals surface area contributed by atoms with Gasteiger partial charge in [0.05, 0.1) is 25.3 Å². The standard InChI is InChI=1S/C26H31ClFN5O4/c1-3-37-26(35)19(15-29-10-11-36-2)13-21(31-25(34)24-16-30-33-32-24)12-17-4-6-18(7-5-17)22-14-20(27)8-9-23(22)28/h4-9,14,16,19,21,29H,3,10-13,15H2,1-2H3,(H,31,34)(H,30,32,33)/t19?,21-/m1/s1. The Morgan fingerprint density at radius 3 is 2.65 bits per heavy atom. The Morgan fingerprint density at radius 1 is 1.19 bits per heavy atom. The molecule has 3 N–H and O–H groups in total. The highest BCUT2D eigenvalue weighted by atomic mass is 35.5. The molecule has 3 aromatic rings. The summed E-state index contributed by atoms with van der Waals surface area (Å²) in [6, 6.07) is 11.3. The lowest BCUT2D eigenvalue weighted by Gasteiger charge is -2.24. The second-order valence-corrected chi connectivity index (χ2v) is 8.88. The molecule has 1 unspecified atom stereocenters. The van der Waals surface area contributed by atoms with Gasteiger partial charge in [-0.25, -0.2) is 4.39 Å². The molecule has 0 bridgehead atoms. The molecule has 37 heavy (non-hydrogen) atoms.